The lowest BCUT2D eigenvalue weighted by molar-refractivity contribution is -0.142. The molecule has 1 amide bonds. The second kappa shape index (κ2) is 9.27. The first-order valence-electron chi connectivity index (χ1n) is 6.93. The van der Waals surface area contributed by atoms with E-state index in [1.165, 1.54) is 13.2 Å². The van der Waals surface area contributed by atoms with Crippen molar-refractivity contribution in [1.29, 1.82) is 0 Å². The van der Waals surface area contributed by atoms with Crippen molar-refractivity contribution in [3.8, 4) is 5.75 Å². The molecule has 22 heavy (non-hydrogen) atoms. The monoisotopic (exact) mass is 329 g/mol. The number of carbonyl (C=O) groups excluding carboxylic acids is 1. The molecule has 0 aliphatic rings. The van der Waals surface area contributed by atoms with Gasteiger partial charge in [-0.05, 0) is 31.0 Å². The van der Waals surface area contributed by atoms with Gasteiger partial charge < -0.3 is 19.9 Å². The fraction of sp³-hybridized carbons (Fsp3) is 0.467. The zero-order valence-corrected chi connectivity index (χ0v) is 13.4. The summed E-state index contributed by atoms with van der Waals surface area (Å²) in [5.74, 6) is -1.06. The molecule has 6 nitrogen and oxygen atoms in total. The van der Waals surface area contributed by atoms with Crippen LogP contribution in [0.2, 0.25) is 5.02 Å². The molecule has 0 bridgehead atoms. The van der Waals surface area contributed by atoms with Crippen LogP contribution in [0.4, 0.5) is 0 Å². The summed E-state index contributed by atoms with van der Waals surface area (Å²) in [5.41, 5.74) is 0.386. The van der Waals surface area contributed by atoms with Crippen molar-refractivity contribution in [2.75, 3.05) is 20.3 Å². The zero-order valence-electron chi connectivity index (χ0n) is 12.6. The molecule has 0 aliphatic heterocycles. The van der Waals surface area contributed by atoms with Gasteiger partial charge in [0, 0.05) is 19.6 Å². The molecule has 1 aromatic rings. The van der Waals surface area contributed by atoms with Gasteiger partial charge in [0.25, 0.3) is 0 Å². The molecular formula is C15H20ClNO5. The Hall–Kier alpha value is -1.79. The molecule has 0 radical (unpaired) electrons. The van der Waals surface area contributed by atoms with Crippen LogP contribution in [0.3, 0.4) is 0 Å². The topological polar surface area (TPSA) is 84.9 Å². The lowest BCUT2D eigenvalue weighted by Crippen LogP contribution is -2.33. The van der Waals surface area contributed by atoms with Crippen LogP contribution < -0.4 is 10.1 Å². The lowest BCUT2D eigenvalue weighted by atomic mass is 10.1. The highest BCUT2D eigenvalue weighted by atomic mass is 35.5. The van der Waals surface area contributed by atoms with E-state index in [1.54, 1.807) is 12.1 Å². The summed E-state index contributed by atoms with van der Waals surface area (Å²) in [6.45, 7) is 2.92. The zero-order chi connectivity index (χ0) is 16.5. The third kappa shape index (κ3) is 5.54. The summed E-state index contributed by atoms with van der Waals surface area (Å²) < 4.78 is 10.2. The van der Waals surface area contributed by atoms with Crippen LogP contribution in [0.5, 0.6) is 5.75 Å². The Morgan fingerprint density at radius 1 is 1.41 bits per heavy atom. The highest BCUT2D eigenvalue weighted by Crippen LogP contribution is 2.27. The molecular weight excluding hydrogens is 310 g/mol. The van der Waals surface area contributed by atoms with Crippen LogP contribution in [0.15, 0.2) is 18.2 Å². The molecule has 1 atom stereocenters. The summed E-state index contributed by atoms with van der Waals surface area (Å²) in [5, 5.41) is 12.1. The fourth-order valence-corrected chi connectivity index (χ4v) is 2.13. The first-order chi connectivity index (χ1) is 10.5. The van der Waals surface area contributed by atoms with Gasteiger partial charge in [0.05, 0.1) is 12.1 Å². The molecule has 0 aliphatic carbocycles. The summed E-state index contributed by atoms with van der Waals surface area (Å²) in [4.78, 5) is 23.2. The maximum absolute atomic E-state index is 11.8. The number of rotatable bonds is 9. The Labute approximate surface area is 134 Å². The normalized spacial score (nSPS) is 11.8. The van der Waals surface area contributed by atoms with Crippen molar-refractivity contribution in [3.05, 3.63) is 28.8 Å². The lowest BCUT2D eigenvalue weighted by Gasteiger charge is -2.16. The Kier molecular flexibility index (Phi) is 7.70. The van der Waals surface area contributed by atoms with Gasteiger partial charge in [-0.3, -0.25) is 4.79 Å². The van der Waals surface area contributed by atoms with E-state index in [1.807, 2.05) is 6.92 Å². The van der Waals surface area contributed by atoms with Crippen LogP contribution >= 0.6 is 11.6 Å². The maximum atomic E-state index is 11.8. The smallest absolute Gasteiger partial charge is 0.330 e. The molecule has 2 N–H and O–H groups in total. The van der Waals surface area contributed by atoms with Crippen LogP contribution in [0, 0.1) is 0 Å². The van der Waals surface area contributed by atoms with E-state index in [0.29, 0.717) is 30.9 Å². The number of benzene rings is 1. The summed E-state index contributed by atoms with van der Waals surface area (Å²) in [6.07, 6.45) is 0.739. The van der Waals surface area contributed by atoms with E-state index in [2.05, 4.69) is 5.32 Å². The Morgan fingerprint density at radius 2 is 2.14 bits per heavy atom. The summed E-state index contributed by atoms with van der Waals surface area (Å²) in [6, 6.07) is 3.45. The molecule has 1 unspecified atom stereocenters. The molecule has 0 fully saturated rings. The van der Waals surface area contributed by atoms with Gasteiger partial charge in [0.15, 0.2) is 6.04 Å². The minimum atomic E-state index is -1.15. The number of nitrogens with one attached hydrogen (secondary N) is 1. The largest absolute Gasteiger partial charge is 0.495 e. The molecule has 1 rings (SSSR count). The average Bonchev–Trinajstić information content (AvgIpc) is 2.49. The van der Waals surface area contributed by atoms with E-state index in [4.69, 9.17) is 21.1 Å². The van der Waals surface area contributed by atoms with Gasteiger partial charge in [-0.1, -0.05) is 17.7 Å². The van der Waals surface area contributed by atoms with Gasteiger partial charge in [0.1, 0.15) is 5.75 Å². The van der Waals surface area contributed by atoms with Crippen LogP contribution in [-0.4, -0.2) is 37.3 Å². The second-order valence-corrected chi connectivity index (χ2v) is 4.94. The standard InChI is InChI=1S/C15H20ClNO5/c1-3-22-8-4-5-13(18)17-14(15(19)20)10-6-7-12(21-2)11(16)9-10/h6-7,9,14H,3-5,8H2,1-2H3,(H,17,18)(H,19,20). The molecule has 0 saturated carbocycles. The van der Waals surface area contributed by atoms with Crippen molar-refractivity contribution in [1.82, 2.24) is 5.32 Å². The third-order valence-corrected chi connectivity index (χ3v) is 3.25. The van der Waals surface area contributed by atoms with Gasteiger partial charge in [0.2, 0.25) is 5.91 Å². The molecule has 0 saturated heterocycles. The van der Waals surface area contributed by atoms with E-state index in [0.717, 1.165) is 0 Å². The van der Waals surface area contributed by atoms with E-state index in [-0.39, 0.29) is 17.4 Å². The quantitative estimate of drug-likeness (QED) is 0.680. The number of halogens is 1. The fourth-order valence-electron chi connectivity index (χ4n) is 1.86. The van der Waals surface area contributed by atoms with Crippen molar-refractivity contribution in [3.63, 3.8) is 0 Å². The van der Waals surface area contributed by atoms with E-state index in [9.17, 15) is 14.7 Å². The molecule has 122 valence electrons. The Bertz CT molecular complexity index is 521. The Morgan fingerprint density at radius 3 is 2.68 bits per heavy atom. The van der Waals surface area contributed by atoms with Crippen molar-refractivity contribution in [2.45, 2.75) is 25.8 Å². The number of methoxy groups -OCH3 is 1. The third-order valence-electron chi connectivity index (χ3n) is 2.96. The van der Waals surface area contributed by atoms with Gasteiger partial charge in [-0.25, -0.2) is 4.79 Å². The molecule has 0 spiro atoms. The van der Waals surface area contributed by atoms with Crippen LogP contribution in [0.1, 0.15) is 31.4 Å². The first kappa shape index (κ1) is 18.3. The molecule has 0 aromatic heterocycles. The predicted octanol–water partition coefficient (Wildman–Crippen LogP) is 2.41. The van der Waals surface area contributed by atoms with Gasteiger partial charge >= 0.3 is 5.97 Å². The molecule has 0 heterocycles. The minimum absolute atomic E-state index is 0.202. The number of ether oxygens (including phenoxy) is 2. The number of hydrogen-bond donors (Lipinski definition) is 2. The second-order valence-electron chi connectivity index (χ2n) is 4.53. The molecule has 1 aromatic carbocycles. The minimum Gasteiger partial charge on any atom is -0.495 e. The number of hydrogen-bond acceptors (Lipinski definition) is 4. The predicted molar refractivity (Wildman–Crippen MR) is 82.3 cm³/mol. The number of carboxylic acids is 1. The number of carbonyl (C=O) groups is 2. The highest BCUT2D eigenvalue weighted by molar-refractivity contribution is 6.32. The van der Waals surface area contributed by atoms with Crippen molar-refractivity contribution in [2.24, 2.45) is 0 Å². The van der Waals surface area contributed by atoms with Crippen molar-refractivity contribution >= 4 is 23.5 Å². The first-order valence-corrected chi connectivity index (χ1v) is 7.30. The maximum Gasteiger partial charge on any atom is 0.330 e. The summed E-state index contributed by atoms with van der Waals surface area (Å²) in [7, 11) is 1.47. The number of aliphatic carboxylic acids is 1. The van der Waals surface area contributed by atoms with E-state index >= 15 is 0 Å². The Balaban J connectivity index is 2.71. The average molecular weight is 330 g/mol. The SMILES string of the molecule is CCOCCCC(=O)NC(C(=O)O)c1ccc(OC)c(Cl)c1. The highest BCUT2D eigenvalue weighted by Gasteiger charge is 2.22. The van der Waals surface area contributed by atoms with Gasteiger partial charge in [-0.2, -0.15) is 0 Å². The van der Waals surface area contributed by atoms with Crippen LogP contribution in [-0.2, 0) is 14.3 Å². The van der Waals surface area contributed by atoms with Crippen LogP contribution in [0.25, 0.3) is 0 Å². The number of carboxylic acid groups (broad SMARTS) is 1. The van der Waals surface area contributed by atoms with Gasteiger partial charge in [-0.15, -0.1) is 0 Å². The van der Waals surface area contributed by atoms with Crippen molar-refractivity contribution < 1.29 is 24.2 Å². The van der Waals surface area contributed by atoms with E-state index < -0.39 is 12.0 Å². The molecule has 7 heteroatoms. The number of amides is 1. The summed E-state index contributed by atoms with van der Waals surface area (Å²) >= 11 is 5.99.